The second kappa shape index (κ2) is 5.07. The first kappa shape index (κ1) is 13.9. The molecule has 1 atom stereocenters. The van der Waals surface area contributed by atoms with Crippen molar-refractivity contribution in [3.8, 4) is 0 Å². The molecule has 0 aliphatic carbocycles. The maximum Gasteiger partial charge on any atom is 0.451 e. The van der Waals surface area contributed by atoms with E-state index in [1.807, 2.05) is 0 Å². The lowest BCUT2D eigenvalue weighted by atomic mass is 10.3. The van der Waals surface area contributed by atoms with Crippen molar-refractivity contribution in [3.05, 3.63) is 5.82 Å². The molecule has 3 heterocycles. The monoisotopic (exact) mass is 303 g/mol. The van der Waals surface area contributed by atoms with Crippen LogP contribution in [-0.4, -0.2) is 50.8 Å². The van der Waals surface area contributed by atoms with Crippen molar-refractivity contribution in [1.82, 2.24) is 30.3 Å². The number of halogens is 3. The molecule has 3 N–H and O–H groups in total. The molecule has 21 heavy (non-hydrogen) atoms. The minimum Gasteiger partial charge on any atom is -0.382 e. The highest BCUT2D eigenvalue weighted by molar-refractivity contribution is 5.80. The Kier molecular flexibility index (Phi) is 3.37. The van der Waals surface area contributed by atoms with Gasteiger partial charge in [0.15, 0.2) is 17.0 Å². The van der Waals surface area contributed by atoms with Gasteiger partial charge in [0.25, 0.3) is 0 Å². The third-order valence-electron chi connectivity index (χ3n) is 3.02. The van der Waals surface area contributed by atoms with Crippen molar-refractivity contribution < 1.29 is 17.9 Å². The van der Waals surface area contributed by atoms with E-state index in [0.717, 1.165) is 6.54 Å². The standard InChI is InChI=1S/C10H12F3N7O/c11-10(12,13)9-16-7(14)6-8(17-9)20(19-18-6)4-5-3-15-1-2-21-5/h5,15H,1-4H2,(H2,14,16,17). The summed E-state index contributed by atoms with van der Waals surface area (Å²) >= 11 is 0. The average molecular weight is 303 g/mol. The van der Waals surface area contributed by atoms with Crippen molar-refractivity contribution in [1.29, 1.82) is 0 Å². The molecular formula is C10H12F3N7O. The van der Waals surface area contributed by atoms with Crippen molar-refractivity contribution >= 4 is 17.0 Å². The summed E-state index contributed by atoms with van der Waals surface area (Å²) in [5, 5.41) is 10.6. The Bertz CT molecular complexity index is 650. The molecule has 8 nitrogen and oxygen atoms in total. The maximum atomic E-state index is 12.7. The Hall–Kier alpha value is -2.01. The SMILES string of the molecule is Nc1nc(C(F)(F)F)nc2c1nnn2CC1CNCCO1. The predicted octanol–water partition coefficient (Wildman–Crippen LogP) is -0.189. The summed E-state index contributed by atoms with van der Waals surface area (Å²) in [7, 11) is 0. The third kappa shape index (κ3) is 2.74. The summed E-state index contributed by atoms with van der Waals surface area (Å²) in [5.41, 5.74) is 5.49. The first-order valence-corrected chi connectivity index (χ1v) is 6.21. The van der Waals surface area contributed by atoms with Gasteiger partial charge in [0.2, 0.25) is 5.82 Å². The minimum absolute atomic E-state index is 0.0479. The molecule has 0 spiro atoms. The van der Waals surface area contributed by atoms with E-state index in [4.69, 9.17) is 10.5 Å². The maximum absolute atomic E-state index is 12.7. The van der Waals surface area contributed by atoms with Crippen LogP contribution in [0, 0.1) is 0 Å². The molecule has 11 heteroatoms. The Morgan fingerprint density at radius 2 is 2.19 bits per heavy atom. The molecule has 0 bridgehead atoms. The summed E-state index contributed by atoms with van der Waals surface area (Å²) in [6.07, 6.45) is -4.89. The second-order valence-electron chi connectivity index (χ2n) is 4.57. The van der Waals surface area contributed by atoms with Crippen molar-refractivity contribution in [2.45, 2.75) is 18.8 Å². The summed E-state index contributed by atoms with van der Waals surface area (Å²) in [5.74, 6) is -1.65. The van der Waals surface area contributed by atoms with Gasteiger partial charge in [-0.15, -0.1) is 5.10 Å². The van der Waals surface area contributed by atoms with Gasteiger partial charge in [-0.3, -0.25) is 0 Å². The molecule has 0 amide bonds. The number of hydrogen-bond donors (Lipinski definition) is 2. The van der Waals surface area contributed by atoms with Crippen LogP contribution in [0.15, 0.2) is 0 Å². The second-order valence-corrected chi connectivity index (χ2v) is 4.57. The molecule has 2 aromatic heterocycles. The smallest absolute Gasteiger partial charge is 0.382 e. The van der Waals surface area contributed by atoms with E-state index in [1.165, 1.54) is 4.68 Å². The van der Waals surface area contributed by atoms with Crippen LogP contribution < -0.4 is 11.1 Å². The van der Waals surface area contributed by atoms with E-state index in [-0.39, 0.29) is 29.6 Å². The first-order valence-electron chi connectivity index (χ1n) is 6.21. The molecule has 0 saturated carbocycles. The van der Waals surface area contributed by atoms with E-state index in [0.29, 0.717) is 13.2 Å². The molecular weight excluding hydrogens is 291 g/mol. The average Bonchev–Trinajstić information content (AvgIpc) is 2.83. The fraction of sp³-hybridized carbons (Fsp3) is 0.600. The number of rotatable bonds is 2. The molecule has 114 valence electrons. The number of aromatic nitrogens is 5. The molecule has 1 fully saturated rings. The van der Waals surface area contributed by atoms with Crippen LogP contribution in [-0.2, 0) is 17.5 Å². The van der Waals surface area contributed by atoms with Gasteiger partial charge >= 0.3 is 6.18 Å². The lowest BCUT2D eigenvalue weighted by molar-refractivity contribution is -0.144. The van der Waals surface area contributed by atoms with Gasteiger partial charge in [-0.2, -0.15) is 13.2 Å². The highest BCUT2D eigenvalue weighted by Gasteiger charge is 2.36. The highest BCUT2D eigenvalue weighted by Crippen LogP contribution is 2.28. The zero-order valence-corrected chi connectivity index (χ0v) is 10.8. The summed E-state index contributed by atoms with van der Waals surface area (Å²) < 4.78 is 44.9. The van der Waals surface area contributed by atoms with Crippen LogP contribution in [0.1, 0.15) is 5.82 Å². The number of hydrogen-bond acceptors (Lipinski definition) is 7. The van der Waals surface area contributed by atoms with Crippen molar-refractivity contribution in [2.24, 2.45) is 0 Å². The van der Waals surface area contributed by atoms with Crippen LogP contribution >= 0.6 is 0 Å². The fourth-order valence-corrected chi connectivity index (χ4v) is 2.06. The Morgan fingerprint density at radius 3 is 2.86 bits per heavy atom. The lowest BCUT2D eigenvalue weighted by Gasteiger charge is -2.23. The molecule has 0 aromatic carbocycles. The minimum atomic E-state index is -4.68. The van der Waals surface area contributed by atoms with Crippen LogP contribution in [0.25, 0.3) is 11.2 Å². The number of nitrogens with two attached hydrogens (primary N) is 1. The summed E-state index contributed by atoms with van der Waals surface area (Å²) in [6, 6.07) is 0. The number of anilines is 1. The molecule has 1 unspecified atom stereocenters. The van der Waals surface area contributed by atoms with Crippen molar-refractivity contribution in [2.75, 3.05) is 25.4 Å². The predicted molar refractivity (Wildman–Crippen MR) is 65.1 cm³/mol. The lowest BCUT2D eigenvalue weighted by Crippen LogP contribution is -2.41. The summed E-state index contributed by atoms with van der Waals surface area (Å²) in [6.45, 7) is 2.08. The van der Waals surface area contributed by atoms with Crippen LogP contribution in [0.3, 0.4) is 0 Å². The van der Waals surface area contributed by atoms with Crippen LogP contribution in [0.4, 0.5) is 19.0 Å². The number of ether oxygens (including phenoxy) is 1. The number of nitrogen functional groups attached to an aromatic ring is 1. The zero-order valence-electron chi connectivity index (χ0n) is 10.8. The highest BCUT2D eigenvalue weighted by atomic mass is 19.4. The fourth-order valence-electron chi connectivity index (χ4n) is 2.06. The zero-order chi connectivity index (χ0) is 15.0. The molecule has 0 radical (unpaired) electrons. The van der Waals surface area contributed by atoms with Crippen LogP contribution in [0.2, 0.25) is 0 Å². The molecule has 1 aliphatic heterocycles. The van der Waals surface area contributed by atoms with E-state index in [1.54, 1.807) is 0 Å². The van der Waals surface area contributed by atoms with Gasteiger partial charge in [0, 0.05) is 13.1 Å². The van der Waals surface area contributed by atoms with Gasteiger partial charge in [0.05, 0.1) is 19.3 Å². The Labute approximate surface area is 116 Å². The quantitative estimate of drug-likeness (QED) is 0.792. The van der Waals surface area contributed by atoms with Crippen LogP contribution in [0.5, 0.6) is 0 Å². The van der Waals surface area contributed by atoms with Gasteiger partial charge < -0.3 is 15.8 Å². The van der Waals surface area contributed by atoms with Gasteiger partial charge in [-0.1, -0.05) is 5.21 Å². The van der Waals surface area contributed by atoms with E-state index >= 15 is 0 Å². The van der Waals surface area contributed by atoms with Crippen molar-refractivity contribution in [3.63, 3.8) is 0 Å². The molecule has 1 saturated heterocycles. The van der Waals surface area contributed by atoms with Gasteiger partial charge in [-0.05, 0) is 0 Å². The number of nitrogens with zero attached hydrogens (tertiary/aromatic N) is 5. The molecule has 1 aliphatic rings. The van der Waals surface area contributed by atoms with E-state index < -0.39 is 12.0 Å². The number of alkyl halides is 3. The molecule has 3 rings (SSSR count). The Morgan fingerprint density at radius 1 is 1.38 bits per heavy atom. The van der Waals surface area contributed by atoms with Gasteiger partial charge in [0.1, 0.15) is 0 Å². The summed E-state index contributed by atoms with van der Waals surface area (Å²) in [4.78, 5) is 6.69. The Balaban J connectivity index is 1.97. The number of morpholine rings is 1. The topological polar surface area (TPSA) is 104 Å². The largest absolute Gasteiger partial charge is 0.451 e. The number of fused-ring (bicyclic) bond motifs is 1. The van der Waals surface area contributed by atoms with Gasteiger partial charge in [-0.25, -0.2) is 14.6 Å². The van der Waals surface area contributed by atoms with E-state index in [9.17, 15) is 13.2 Å². The molecule has 2 aromatic rings. The normalized spacial score (nSPS) is 20.0. The van der Waals surface area contributed by atoms with E-state index in [2.05, 4.69) is 25.6 Å². The first-order chi connectivity index (χ1) is 9.95. The third-order valence-corrected chi connectivity index (χ3v) is 3.02. The number of nitrogens with one attached hydrogen (secondary N) is 1.